The van der Waals surface area contributed by atoms with Gasteiger partial charge in [-0.15, -0.1) is 0 Å². The molecule has 1 heterocycles. The monoisotopic (exact) mass is 473 g/mol. The predicted octanol–water partition coefficient (Wildman–Crippen LogP) is 6.66. The highest BCUT2D eigenvalue weighted by Gasteiger charge is 2.14. The van der Waals surface area contributed by atoms with E-state index in [0.717, 1.165) is 29.1 Å². The number of carbonyl (C=O) groups excluding carboxylic acids is 1. The largest absolute Gasteiger partial charge is 0.465 e. The molecule has 0 saturated heterocycles. The number of rotatable bonds is 8. The number of ether oxygens (including phenoxy) is 1. The van der Waals surface area contributed by atoms with E-state index in [9.17, 15) is 4.79 Å². The van der Waals surface area contributed by atoms with Crippen LogP contribution in [-0.4, -0.2) is 22.6 Å². The number of hydrogen-bond donors (Lipinski definition) is 1. The van der Waals surface area contributed by atoms with E-state index in [2.05, 4.69) is 63.4 Å². The van der Waals surface area contributed by atoms with Gasteiger partial charge in [-0.05, 0) is 46.0 Å². The summed E-state index contributed by atoms with van der Waals surface area (Å²) in [5, 5.41) is 3.50. The van der Waals surface area contributed by atoms with Gasteiger partial charge in [0.25, 0.3) is 0 Å². The van der Waals surface area contributed by atoms with Gasteiger partial charge in [0.1, 0.15) is 0 Å². The van der Waals surface area contributed by atoms with E-state index in [1.807, 2.05) is 67.1 Å². The summed E-state index contributed by atoms with van der Waals surface area (Å²) in [6.45, 7) is 1.32. The summed E-state index contributed by atoms with van der Waals surface area (Å²) < 4.78 is 7.16. The summed E-state index contributed by atoms with van der Waals surface area (Å²) in [6.07, 6.45) is 3.76. The first-order valence-corrected chi connectivity index (χ1v) is 11.9. The number of nitrogens with one attached hydrogen (secondary N) is 1. The summed E-state index contributed by atoms with van der Waals surface area (Å²) in [7, 11) is 1.40. The predicted molar refractivity (Wildman–Crippen MR) is 144 cm³/mol. The van der Waals surface area contributed by atoms with Crippen molar-refractivity contribution < 1.29 is 9.53 Å². The number of hydrogen-bond acceptors (Lipinski definition) is 4. The minimum absolute atomic E-state index is 0.351. The van der Waals surface area contributed by atoms with Gasteiger partial charge in [0.15, 0.2) is 0 Å². The number of nitrogens with zero attached hydrogens (tertiary/aromatic N) is 2. The summed E-state index contributed by atoms with van der Waals surface area (Å²) in [4.78, 5) is 16.8. The van der Waals surface area contributed by atoms with E-state index in [-0.39, 0.29) is 5.97 Å². The molecule has 0 saturated carbocycles. The molecule has 0 amide bonds. The fourth-order valence-electron chi connectivity index (χ4n) is 4.37. The number of benzene rings is 4. The molecule has 0 bridgehead atoms. The number of aromatic nitrogens is 2. The lowest BCUT2D eigenvalue weighted by Crippen LogP contribution is -2.09. The van der Waals surface area contributed by atoms with Gasteiger partial charge in [-0.1, -0.05) is 84.9 Å². The maximum Gasteiger partial charge on any atom is 0.338 e. The van der Waals surface area contributed by atoms with Crippen LogP contribution in [0.15, 0.2) is 116 Å². The van der Waals surface area contributed by atoms with Crippen molar-refractivity contribution in [3.05, 3.63) is 132 Å². The SMILES string of the molecule is COC(=O)c1ccc(NCc2cncn2Cc2ccccc2-c2ccccc2)cc1-c1ccccc1. The molecule has 1 aromatic heterocycles. The molecule has 5 nitrogen and oxygen atoms in total. The highest BCUT2D eigenvalue weighted by molar-refractivity contribution is 5.98. The fourth-order valence-corrected chi connectivity index (χ4v) is 4.37. The smallest absolute Gasteiger partial charge is 0.338 e. The number of methoxy groups -OCH3 is 1. The van der Waals surface area contributed by atoms with E-state index in [1.165, 1.54) is 23.8 Å². The van der Waals surface area contributed by atoms with Crippen molar-refractivity contribution in [2.24, 2.45) is 0 Å². The molecule has 5 rings (SSSR count). The van der Waals surface area contributed by atoms with Gasteiger partial charge in [-0.2, -0.15) is 0 Å². The van der Waals surface area contributed by atoms with E-state index in [1.54, 1.807) is 0 Å². The van der Waals surface area contributed by atoms with Crippen LogP contribution >= 0.6 is 0 Å². The normalized spacial score (nSPS) is 10.7. The highest BCUT2D eigenvalue weighted by Crippen LogP contribution is 2.28. The van der Waals surface area contributed by atoms with Gasteiger partial charge in [0.05, 0.1) is 31.2 Å². The first-order valence-electron chi connectivity index (χ1n) is 11.9. The average Bonchev–Trinajstić information content (AvgIpc) is 3.39. The molecule has 5 aromatic rings. The van der Waals surface area contributed by atoms with E-state index in [0.29, 0.717) is 12.1 Å². The van der Waals surface area contributed by atoms with Crippen LogP contribution in [0.2, 0.25) is 0 Å². The molecule has 0 radical (unpaired) electrons. The molecule has 4 aromatic carbocycles. The van der Waals surface area contributed by atoms with Crippen LogP contribution < -0.4 is 5.32 Å². The third-order valence-electron chi connectivity index (χ3n) is 6.22. The molecule has 1 N–H and O–H groups in total. The standard InChI is InChI=1S/C31H27N3O2/c1-36-31(35)29-17-16-26(18-30(29)24-12-6-3-7-13-24)33-20-27-19-32-22-34(27)21-25-14-8-9-15-28(25)23-10-4-2-5-11-23/h2-19,22,33H,20-21H2,1H3. The molecule has 178 valence electrons. The zero-order valence-electron chi connectivity index (χ0n) is 20.1. The Bertz CT molecular complexity index is 1460. The number of anilines is 1. The van der Waals surface area contributed by atoms with Crippen molar-refractivity contribution in [1.82, 2.24) is 9.55 Å². The second kappa shape index (κ2) is 10.7. The van der Waals surface area contributed by atoms with Crippen molar-refractivity contribution in [2.45, 2.75) is 13.1 Å². The number of carbonyl (C=O) groups is 1. The summed E-state index contributed by atoms with van der Waals surface area (Å²) in [5.74, 6) is -0.351. The Morgan fingerprint density at radius 2 is 1.50 bits per heavy atom. The molecule has 5 heteroatoms. The Hall–Kier alpha value is -4.64. The van der Waals surface area contributed by atoms with Crippen LogP contribution in [0.25, 0.3) is 22.3 Å². The minimum atomic E-state index is -0.351. The van der Waals surface area contributed by atoms with Crippen LogP contribution in [0.5, 0.6) is 0 Å². The van der Waals surface area contributed by atoms with Gasteiger partial charge in [0, 0.05) is 18.4 Å². The van der Waals surface area contributed by atoms with E-state index < -0.39 is 0 Å². The summed E-state index contributed by atoms with van der Waals surface area (Å²) >= 11 is 0. The first kappa shape index (κ1) is 23.1. The lowest BCUT2D eigenvalue weighted by atomic mass is 9.99. The molecule has 0 aliphatic carbocycles. The van der Waals surface area contributed by atoms with Crippen molar-refractivity contribution in [3.8, 4) is 22.3 Å². The molecule has 0 aliphatic rings. The first-order chi connectivity index (χ1) is 17.7. The average molecular weight is 474 g/mol. The van der Waals surface area contributed by atoms with Crippen LogP contribution in [0, 0.1) is 0 Å². The van der Waals surface area contributed by atoms with Crippen LogP contribution in [0.1, 0.15) is 21.6 Å². The van der Waals surface area contributed by atoms with Crippen molar-refractivity contribution in [2.75, 3.05) is 12.4 Å². The number of esters is 1. The molecular formula is C31H27N3O2. The van der Waals surface area contributed by atoms with Crippen molar-refractivity contribution in [1.29, 1.82) is 0 Å². The molecule has 36 heavy (non-hydrogen) atoms. The zero-order chi connectivity index (χ0) is 24.7. The Balaban J connectivity index is 1.37. The topological polar surface area (TPSA) is 56.1 Å². The quantitative estimate of drug-likeness (QED) is 0.256. The molecule has 0 aliphatic heterocycles. The molecule has 0 spiro atoms. The Labute approximate surface area is 211 Å². The van der Waals surface area contributed by atoms with Gasteiger partial charge in [-0.25, -0.2) is 9.78 Å². The van der Waals surface area contributed by atoms with Gasteiger partial charge in [0.2, 0.25) is 0 Å². The molecule has 0 unspecified atom stereocenters. The maximum absolute atomic E-state index is 12.4. The summed E-state index contributed by atoms with van der Waals surface area (Å²) in [6, 6.07) is 34.5. The fraction of sp³-hybridized carbons (Fsp3) is 0.0968. The molecule has 0 atom stereocenters. The second-order valence-electron chi connectivity index (χ2n) is 8.51. The minimum Gasteiger partial charge on any atom is -0.465 e. The van der Waals surface area contributed by atoms with Crippen LogP contribution in [0.4, 0.5) is 5.69 Å². The van der Waals surface area contributed by atoms with Crippen LogP contribution in [0.3, 0.4) is 0 Å². The zero-order valence-corrected chi connectivity index (χ0v) is 20.1. The Morgan fingerprint density at radius 1 is 0.833 bits per heavy atom. The lowest BCUT2D eigenvalue weighted by molar-refractivity contribution is 0.0601. The number of imidazole rings is 1. The van der Waals surface area contributed by atoms with Crippen molar-refractivity contribution >= 4 is 11.7 Å². The Kier molecular flexibility index (Phi) is 6.90. The molecular weight excluding hydrogens is 446 g/mol. The second-order valence-corrected chi connectivity index (χ2v) is 8.51. The third-order valence-corrected chi connectivity index (χ3v) is 6.22. The van der Waals surface area contributed by atoms with Gasteiger partial charge < -0.3 is 14.6 Å². The van der Waals surface area contributed by atoms with Crippen LogP contribution in [-0.2, 0) is 17.8 Å². The lowest BCUT2D eigenvalue weighted by Gasteiger charge is -2.15. The summed E-state index contributed by atoms with van der Waals surface area (Å²) in [5.41, 5.74) is 7.97. The van der Waals surface area contributed by atoms with Crippen molar-refractivity contribution in [3.63, 3.8) is 0 Å². The van der Waals surface area contributed by atoms with E-state index in [4.69, 9.17) is 4.74 Å². The third kappa shape index (κ3) is 5.05. The van der Waals surface area contributed by atoms with E-state index >= 15 is 0 Å². The Morgan fingerprint density at radius 3 is 2.22 bits per heavy atom. The molecule has 0 fully saturated rings. The maximum atomic E-state index is 12.4. The van der Waals surface area contributed by atoms with Gasteiger partial charge >= 0.3 is 5.97 Å². The highest BCUT2D eigenvalue weighted by atomic mass is 16.5. The van der Waals surface area contributed by atoms with Gasteiger partial charge in [-0.3, -0.25) is 0 Å².